The van der Waals surface area contributed by atoms with Crippen LogP contribution in [-0.4, -0.2) is 95.9 Å². The summed E-state index contributed by atoms with van der Waals surface area (Å²) in [6, 6.07) is 0. The number of phosphoric ester groups is 2. The van der Waals surface area contributed by atoms with Gasteiger partial charge in [-0.15, -0.1) is 0 Å². The minimum Gasteiger partial charge on any atom is -0.463 e. The van der Waals surface area contributed by atoms with E-state index in [1.807, 2.05) is 0 Å². The Hall–Kier alpha value is -5.09. The Morgan fingerprint density at radius 3 is 0.757 bits per heavy atom. The van der Waals surface area contributed by atoms with Gasteiger partial charge in [0.05, 0.1) is 26.4 Å². The average molecular weight is 1540 g/mol. The van der Waals surface area contributed by atoms with Crippen molar-refractivity contribution >= 4 is 33.6 Å². The SMILES string of the molecule is CC/C=C\C/C=C\C/C=C\C/C=C\C/C=C\C/C=C\CCCCC(=O)OCC(COP(=O)(O)OCC(O)COP(=O)(O)OCC(O)COC(=O)CCCCCCCCCCCCCCCCCCC/C=C\C/C=C\C/C=C\C/C=C\C/C=C\CC)OC(=O)CCCCCCCCC/C=C\C/C=C\C/C=C\CC. The Kier molecular flexibility index (Phi) is 76.6. The van der Waals surface area contributed by atoms with Crippen LogP contribution in [0.5, 0.6) is 0 Å². The van der Waals surface area contributed by atoms with Gasteiger partial charge in [0.25, 0.3) is 0 Å². The molecule has 0 aliphatic heterocycles. The summed E-state index contributed by atoms with van der Waals surface area (Å²) in [5.41, 5.74) is 0. The molecule has 610 valence electrons. The van der Waals surface area contributed by atoms with Gasteiger partial charge in [0.15, 0.2) is 6.10 Å². The van der Waals surface area contributed by atoms with E-state index in [4.69, 9.17) is 32.3 Å². The fourth-order valence-corrected chi connectivity index (χ4v) is 12.3. The van der Waals surface area contributed by atoms with Gasteiger partial charge in [-0.05, 0) is 148 Å². The van der Waals surface area contributed by atoms with Gasteiger partial charge in [0, 0.05) is 19.3 Å². The molecule has 4 N–H and O–H groups in total. The van der Waals surface area contributed by atoms with Crippen molar-refractivity contribution < 1.29 is 75.8 Å². The van der Waals surface area contributed by atoms with Crippen LogP contribution >= 0.6 is 15.6 Å². The first-order valence-corrected chi connectivity index (χ1v) is 44.4. The Labute approximate surface area is 650 Å². The van der Waals surface area contributed by atoms with Gasteiger partial charge in [0.2, 0.25) is 0 Å². The van der Waals surface area contributed by atoms with E-state index in [1.54, 1.807) is 0 Å². The zero-order valence-electron chi connectivity index (χ0n) is 66.7. The van der Waals surface area contributed by atoms with E-state index in [0.717, 1.165) is 167 Å². The monoisotopic (exact) mass is 1540 g/mol. The molecule has 0 spiro atoms. The lowest BCUT2D eigenvalue weighted by Crippen LogP contribution is -2.30. The molecule has 0 saturated carbocycles. The predicted molar refractivity (Wildman–Crippen MR) is 445 cm³/mol. The van der Waals surface area contributed by atoms with Crippen molar-refractivity contribution in [2.75, 3.05) is 39.6 Å². The first-order valence-electron chi connectivity index (χ1n) is 41.4. The smallest absolute Gasteiger partial charge is 0.463 e. The second-order valence-corrected chi connectivity index (χ2v) is 30.0. The second kappa shape index (κ2) is 80.4. The number of carbonyl (C=O) groups excluding carboxylic acids is 3. The van der Waals surface area contributed by atoms with E-state index in [-0.39, 0.29) is 19.3 Å². The molecular formula is C89H148O16P2. The molecule has 0 rings (SSSR count). The number of aliphatic hydroxyl groups is 2. The molecule has 0 aliphatic rings. The van der Waals surface area contributed by atoms with Gasteiger partial charge in [-0.3, -0.25) is 32.5 Å². The Bertz CT molecular complexity index is 2620. The summed E-state index contributed by atoms with van der Waals surface area (Å²) >= 11 is 0. The largest absolute Gasteiger partial charge is 0.472 e. The Balaban J connectivity index is 4.53. The van der Waals surface area contributed by atoms with Crippen LogP contribution in [0.2, 0.25) is 0 Å². The molecule has 0 bridgehead atoms. The summed E-state index contributed by atoms with van der Waals surface area (Å²) in [7, 11) is -9.82. The van der Waals surface area contributed by atoms with Crippen molar-refractivity contribution in [3.8, 4) is 0 Å². The van der Waals surface area contributed by atoms with Crippen LogP contribution in [0.1, 0.15) is 316 Å². The highest BCUT2D eigenvalue weighted by molar-refractivity contribution is 7.47. The molecule has 0 heterocycles. The van der Waals surface area contributed by atoms with Crippen molar-refractivity contribution in [3.63, 3.8) is 0 Å². The molecule has 18 heteroatoms. The van der Waals surface area contributed by atoms with Crippen LogP contribution in [0.15, 0.2) is 170 Å². The van der Waals surface area contributed by atoms with Gasteiger partial charge >= 0.3 is 33.6 Å². The lowest BCUT2D eigenvalue weighted by molar-refractivity contribution is -0.161. The van der Waals surface area contributed by atoms with Crippen LogP contribution in [0, 0.1) is 0 Å². The summed E-state index contributed by atoms with van der Waals surface area (Å²) in [5.74, 6) is -1.64. The number of carbonyl (C=O) groups is 3. The maximum atomic E-state index is 13.0. The van der Waals surface area contributed by atoms with Crippen LogP contribution in [0.3, 0.4) is 0 Å². The standard InChI is InChI=1S/C89H148O16P2/c1-4-7-10-13-16-19-22-25-28-31-33-35-36-37-38-39-40-41-42-43-44-45-46-48-50-52-54-57-60-63-66-69-72-75-87(92)99-78-84(90)79-101-106(95,96)102-80-85(91)81-103-107(97,98)104-83-86(105-89(94)77-74-71-68-65-62-59-56-51-30-27-24-21-18-15-12-9-6-3)82-100-88(93)76-73-70-67-64-61-58-55-53-49-47-34-32-29-26-23-20-17-14-11-8-5-2/h7-12,16-21,25-30,33-35,37-38,47,53,55,61,64,84-86,90-91H,4-6,13-15,22-24,31-32,36,39-46,48-52,54,56-60,62-63,65-83H2,1-3H3,(H,95,96)(H,97,98)/b10-7-,11-8-,12-9-,19-16-,20-17-,21-18-,28-25-,29-26-,30-27-,35-33-,38-37-,47-34-,55-53-,64-61-. The highest BCUT2D eigenvalue weighted by Gasteiger charge is 2.29. The number of hydrogen-bond acceptors (Lipinski definition) is 14. The predicted octanol–water partition coefficient (Wildman–Crippen LogP) is 24.8. The number of ether oxygens (including phenoxy) is 3. The molecule has 0 aromatic heterocycles. The number of phosphoric acid groups is 2. The van der Waals surface area contributed by atoms with Gasteiger partial charge < -0.3 is 34.2 Å². The third kappa shape index (κ3) is 81.7. The zero-order valence-corrected chi connectivity index (χ0v) is 68.5. The third-order valence-corrected chi connectivity index (χ3v) is 18.8. The van der Waals surface area contributed by atoms with E-state index in [0.29, 0.717) is 19.3 Å². The quantitative estimate of drug-likeness (QED) is 0.0146. The Morgan fingerprint density at radius 1 is 0.262 bits per heavy atom. The van der Waals surface area contributed by atoms with Crippen LogP contribution < -0.4 is 0 Å². The summed E-state index contributed by atoms with van der Waals surface area (Å²) in [4.78, 5) is 58.7. The summed E-state index contributed by atoms with van der Waals surface area (Å²) < 4.78 is 61.2. The molecule has 0 amide bonds. The molecule has 107 heavy (non-hydrogen) atoms. The van der Waals surface area contributed by atoms with Gasteiger partial charge in [-0.25, -0.2) is 9.13 Å². The minimum absolute atomic E-state index is 0.0782. The number of unbranched alkanes of at least 4 members (excludes halogenated alkanes) is 26. The van der Waals surface area contributed by atoms with Crippen LogP contribution in [-0.2, 0) is 55.8 Å². The van der Waals surface area contributed by atoms with E-state index in [9.17, 15) is 43.5 Å². The van der Waals surface area contributed by atoms with Crippen molar-refractivity contribution in [2.45, 2.75) is 334 Å². The van der Waals surface area contributed by atoms with Crippen LogP contribution in [0.4, 0.5) is 0 Å². The van der Waals surface area contributed by atoms with E-state index >= 15 is 0 Å². The molecule has 16 nitrogen and oxygen atoms in total. The molecule has 0 saturated heterocycles. The highest BCUT2D eigenvalue weighted by Crippen LogP contribution is 2.45. The van der Waals surface area contributed by atoms with E-state index < -0.39 is 91.5 Å². The second-order valence-electron chi connectivity index (χ2n) is 27.1. The Morgan fingerprint density at radius 2 is 0.467 bits per heavy atom. The summed E-state index contributed by atoms with van der Waals surface area (Å²) in [6.45, 7) is 2.29. The molecular weight excluding hydrogens is 1390 g/mol. The first-order chi connectivity index (χ1) is 52.2. The zero-order chi connectivity index (χ0) is 78.0. The third-order valence-electron chi connectivity index (χ3n) is 16.9. The lowest BCUT2D eigenvalue weighted by atomic mass is 10.0. The van der Waals surface area contributed by atoms with Crippen LogP contribution in [0.25, 0.3) is 0 Å². The number of esters is 3. The molecule has 0 fully saturated rings. The maximum Gasteiger partial charge on any atom is 0.472 e. The van der Waals surface area contributed by atoms with Crippen molar-refractivity contribution in [2.24, 2.45) is 0 Å². The van der Waals surface area contributed by atoms with E-state index in [2.05, 4.69) is 191 Å². The molecule has 5 unspecified atom stereocenters. The number of rotatable bonds is 77. The minimum atomic E-state index is -4.95. The van der Waals surface area contributed by atoms with Crippen molar-refractivity contribution in [1.82, 2.24) is 0 Å². The summed E-state index contributed by atoms with van der Waals surface area (Å²) in [6.07, 6.45) is 103. The fraction of sp³-hybridized carbons (Fsp3) is 0.652. The molecule has 0 aromatic carbocycles. The van der Waals surface area contributed by atoms with Gasteiger partial charge in [-0.1, -0.05) is 319 Å². The fourth-order valence-electron chi connectivity index (χ4n) is 10.7. The average Bonchev–Trinajstić information content (AvgIpc) is 0.927. The lowest BCUT2D eigenvalue weighted by Gasteiger charge is -2.21. The number of allylic oxidation sites excluding steroid dienone is 28. The molecule has 0 aromatic rings. The van der Waals surface area contributed by atoms with Crippen molar-refractivity contribution in [3.05, 3.63) is 170 Å². The van der Waals surface area contributed by atoms with Gasteiger partial charge in [0.1, 0.15) is 25.4 Å². The van der Waals surface area contributed by atoms with E-state index in [1.165, 1.54) is 89.9 Å². The highest BCUT2D eigenvalue weighted by atomic mass is 31.2. The van der Waals surface area contributed by atoms with Crippen molar-refractivity contribution in [1.29, 1.82) is 0 Å². The number of aliphatic hydroxyl groups excluding tert-OH is 2. The molecule has 5 atom stereocenters. The topological polar surface area (TPSA) is 231 Å². The normalized spacial score (nSPS) is 14.8. The van der Waals surface area contributed by atoms with Gasteiger partial charge in [-0.2, -0.15) is 0 Å². The maximum absolute atomic E-state index is 13.0. The molecule has 0 aliphatic carbocycles. The number of hydrogen-bond donors (Lipinski definition) is 4. The first kappa shape index (κ1) is 102. The summed E-state index contributed by atoms with van der Waals surface area (Å²) in [5, 5.41) is 20.7. The molecule has 0 radical (unpaired) electrons.